The van der Waals surface area contributed by atoms with Gasteiger partial charge < -0.3 is 16.8 Å². The molecule has 1 aliphatic carbocycles. The largest absolute Gasteiger partial charge is 0.398 e. The van der Waals surface area contributed by atoms with Gasteiger partial charge in [-0.3, -0.25) is 4.79 Å². The van der Waals surface area contributed by atoms with Gasteiger partial charge in [-0.1, -0.05) is 17.7 Å². The number of primary amides is 1. The molecule has 22 heavy (non-hydrogen) atoms. The predicted octanol–water partition coefficient (Wildman–Crippen LogP) is 1.80. The van der Waals surface area contributed by atoms with Gasteiger partial charge in [0.05, 0.1) is 10.7 Å². The van der Waals surface area contributed by atoms with Crippen molar-refractivity contribution in [1.82, 2.24) is 0 Å². The number of nitrogens with two attached hydrogens (primary N) is 2. The van der Waals surface area contributed by atoms with Crippen LogP contribution in [0, 0.1) is 0 Å². The highest BCUT2D eigenvalue weighted by molar-refractivity contribution is 6.50. The lowest BCUT2D eigenvalue weighted by atomic mass is 9.95. The molecule has 0 radical (unpaired) electrons. The Bertz CT molecular complexity index is 735. The Hall–Kier alpha value is -2.60. The molecule has 2 rings (SSSR count). The van der Waals surface area contributed by atoms with Crippen LogP contribution in [0.15, 0.2) is 46.6 Å². The number of carbonyl (C=O) groups is 2. The smallest absolute Gasteiger partial charge is 0.339 e. The van der Waals surface area contributed by atoms with E-state index in [0.717, 1.165) is 11.3 Å². The van der Waals surface area contributed by atoms with E-state index in [1.807, 2.05) is 12.1 Å². The Kier molecular flexibility index (Phi) is 4.62. The van der Waals surface area contributed by atoms with E-state index in [9.17, 15) is 9.59 Å². The molecule has 0 aromatic heterocycles. The lowest BCUT2D eigenvalue weighted by Crippen LogP contribution is -2.22. The van der Waals surface area contributed by atoms with E-state index in [0.29, 0.717) is 22.7 Å². The van der Waals surface area contributed by atoms with Gasteiger partial charge in [0.2, 0.25) is 5.78 Å². The molecule has 0 saturated heterocycles. The second-order valence-electron chi connectivity index (χ2n) is 4.71. The standard InChI is InChI=1S/C15H15ClN4O2/c1-19-12-3-2-8(5-10(12)16)4-9-6-14(21)13(7-11(9)17)20-15(18)22/h2-3,5-7,19H,4,17H2,1H3,(H2,18,22). The van der Waals surface area contributed by atoms with Crippen molar-refractivity contribution < 1.29 is 9.59 Å². The van der Waals surface area contributed by atoms with Crippen LogP contribution in [-0.2, 0) is 11.2 Å². The van der Waals surface area contributed by atoms with E-state index in [1.54, 1.807) is 13.1 Å². The number of hydrogen-bond acceptors (Lipinski definition) is 4. The summed E-state index contributed by atoms with van der Waals surface area (Å²) in [6, 6.07) is 4.61. The van der Waals surface area contributed by atoms with Crippen molar-refractivity contribution >= 4 is 34.8 Å². The summed E-state index contributed by atoms with van der Waals surface area (Å²) in [7, 11) is 1.78. The number of anilines is 1. The van der Waals surface area contributed by atoms with Gasteiger partial charge in [0.15, 0.2) is 0 Å². The molecule has 5 N–H and O–H groups in total. The number of allylic oxidation sites excluding steroid dienone is 3. The fraction of sp³-hybridized carbons (Fsp3) is 0.133. The molecule has 0 fully saturated rings. The molecule has 1 aliphatic rings. The minimum Gasteiger partial charge on any atom is -0.398 e. The maximum absolute atomic E-state index is 11.9. The Balaban J connectivity index is 2.24. The third-order valence-corrected chi connectivity index (χ3v) is 3.46. The van der Waals surface area contributed by atoms with Crippen molar-refractivity contribution in [3.8, 4) is 0 Å². The number of aliphatic imine (C=N–C) groups is 1. The molecule has 0 bridgehead atoms. The SMILES string of the molecule is CNc1ccc(CC2=CC(=O)C(=NC(N)=O)C=C2N)cc1Cl. The Morgan fingerprint density at radius 2 is 2.09 bits per heavy atom. The first kappa shape index (κ1) is 15.8. The maximum atomic E-state index is 11.9. The molecule has 2 amide bonds. The highest BCUT2D eigenvalue weighted by Crippen LogP contribution is 2.25. The van der Waals surface area contributed by atoms with Crippen LogP contribution in [-0.4, -0.2) is 24.6 Å². The third-order valence-electron chi connectivity index (χ3n) is 3.15. The number of ketones is 1. The number of nitrogens with zero attached hydrogens (tertiary/aromatic N) is 1. The van der Waals surface area contributed by atoms with Gasteiger partial charge >= 0.3 is 6.03 Å². The second kappa shape index (κ2) is 6.44. The topological polar surface area (TPSA) is 111 Å². The van der Waals surface area contributed by atoms with Crippen molar-refractivity contribution in [2.75, 3.05) is 12.4 Å². The zero-order valence-corrected chi connectivity index (χ0v) is 12.6. The van der Waals surface area contributed by atoms with E-state index < -0.39 is 11.8 Å². The molecular formula is C15H15ClN4O2. The first-order valence-corrected chi connectivity index (χ1v) is 6.85. The van der Waals surface area contributed by atoms with Gasteiger partial charge in [-0.25, -0.2) is 4.79 Å². The van der Waals surface area contributed by atoms with Gasteiger partial charge in [-0.2, -0.15) is 4.99 Å². The Labute approximate surface area is 132 Å². The monoisotopic (exact) mass is 318 g/mol. The summed E-state index contributed by atoms with van der Waals surface area (Å²) in [6.07, 6.45) is 3.16. The van der Waals surface area contributed by atoms with Crippen LogP contribution in [0.25, 0.3) is 0 Å². The van der Waals surface area contributed by atoms with Crippen molar-refractivity contribution in [2.24, 2.45) is 16.5 Å². The third kappa shape index (κ3) is 3.53. The normalized spacial score (nSPS) is 16.3. The molecule has 0 atom stereocenters. The van der Waals surface area contributed by atoms with Crippen molar-refractivity contribution in [2.45, 2.75) is 6.42 Å². The molecule has 0 saturated carbocycles. The number of nitrogens with one attached hydrogen (secondary N) is 1. The summed E-state index contributed by atoms with van der Waals surface area (Å²) in [5.41, 5.74) is 13.5. The van der Waals surface area contributed by atoms with Crippen molar-refractivity contribution in [3.05, 3.63) is 52.2 Å². The highest BCUT2D eigenvalue weighted by Gasteiger charge is 2.18. The molecule has 114 valence electrons. The van der Waals surface area contributed by atoms with E-state index in [2.05, 4.69) is 10.3 Å². The van der Waals surface area contributed by atoms with E-state index in [-0.39, 0.29) is 5.71 Å². The van der Waals surface area contributed by atoms with E-state index in [4.69, 9.17) is 23.1 Å². The van der Waals surface area contributed by atoms with Gasteiger partial charge in [0, 0.05) is 12.7 Å². The van der Waals surface area contributed by atoms with Crippen molar-refractivity contribution in [3.63, 3.8) is 0 Å². The first-order chi connectivity index (χ1) is 10.4. The maximum Gasteiger partial charge on any atom is 0.339 e. The van der Waals surface area contributed by atoms with Gasteiger partial charge in [0.1, 0.15) is 5.71 Å². The summed E-state index contributed by atoms with van der Waals surface area (Å²) in [5, 5.41) is 3.55. The van der Waals surface area contributed by atoms with Gasteiger partial charge in [-0.15, -0.1) is 0 Å². The minimum atomic E-state index is -0.932. The average Bonchev–Trinajstić information content (AvgIpc) is 2.44. The molecular weight excluding hydrogens is 304 g/mol. The summed E-state index contributed by atoms with van der Waals surface area (Å²) in [5.74, 6) is -0.402. The summed E-state index contributed by atoms with van der Waals surface area (Å²) in [4.78, 5) is 26.1. The number of rotatable bonds is 3. The lowest BCUT2D eigenvalue weighted by Gasteiger charge is -2.14. The zero-order valence-electron chi connectivity index (χ0n) is 11.9. The van der Waals surface area contributed by atoms with Crippen LogP contribution in [0.1, 0.15) is 5.56 Å². The van der Waals surface area contributed by atoms with Crippen LogP contribution < -0.4 is 16.8 Å². The summed E-state index contributed by atoms with van der Waals surface area (Å²) >= 11 is 6.13. The number of urea groups is 1. The van der Waals surface area contributed by atoms with Gasteiger partial charge in [0.25, 0.3) is 0 Å². The number of carbonyl (C=O) groups excluding carboxylic acids is 2. The second-order valence-corrected chi connectivity index (χ2v) is 5.12. The Morgan fingerprint density at radius 1 is 1.36 bits per heavy atom. The molecule has 1 aromatic carbocycles. The van der Waals surface area contributed by atoms with E-state index >= 15 is 0 Å². The van der Waals surface area contributed by atoms with Crippen LogP contribution in [0.4, 0.5) is 10.5 Å². The molecule has 1 aromatic rings. The Morgan fingerprint density at radius 3 is 2.68 bits per heavy atom. The number of benzene rings is 1. The molecule has 0 unspecified atom stereocenters. The molecule has 0 heterocycles. The quantitative estimate of drug-likeness (QED) is 0.738. The molecule has 0 aliphatic heterocycles. The molecule has 6 nitrogen and oxygen atoms in total. The fourth-order valence-electron chi connectivity index (χ4n) is 2.08. The van der Waals surface area contributed by atoms with Gasteiger partial charge in [-0.05, 0) is 41.8 Å². The fourth-order valence-corrected chi connectivity index (χ4v) is 2.37. The minimum absolute atomic E-state index is 0.0580. The van der Waals surface area contributed by atoms with E-state index in [1.165, 1.54) is 12.2 Å². The summed E-state index contributed by atoms with van der Waals surface area (Å²) in [6.45, 7) is 0. The number of halogens is 1. The highest BCUT2D eigenvalue weighted by atomic mass is 35.5. The predicted molar refractivity (Wildman–Crippen MR) is 87.1 cm³/mol. The molecule has 7 heteroatoms. The number of amides is 2. The van der Waals surface area contributed by atoms with Crippen LogP contribution in [0.3, 0.4) is 0 Å². The lowest BCUT2D eigenvalue weighted by molar-refractivity contribution is -0.108. The first-order valence-electron chi connectivity index (χ1n) is 6.47. The average molecular weight is 319 g/mol. The van der Waals surface area contributed by atoms with Crippen molar-refractivity contribution in [1.29, 1.82) is 0 Å². The summed E-state index contributed by atoms with van der Waals surface area (Å²) < 4.78 is 0. The number of hydrogen-bond donors (Lipinski definition) is 3. The van der Waals surface area contributed by atoms with Crippen LogP contribution in [0.5, 0.6) is 0 Å². The zero-order chi connectivity index (χ0) is 16.3. The molecule has 0 spiro atoms. The van der Waals surface area contributed by atoms with Crippen LogP contribution in [0.2, 0.25) is 5.02 Å². The van der Waals surface area contributed by atoms with Crippen LogP contribution >= 0.6 is 11.6 Å².